The molecule has 20 heavy (non-hydrogen) atoms. The van der Waals surface area contributed by atoms with Crippen molar-refractivity contribution < 1.29 is 4.79 Å². The standard InChI is InChI=1S/C17H26N2O/c1-13(15-10-6-3-7-11-15)19-17(20)16(18)12-14-8-4-2-5-9-14/h2,4-5,8-9,13,15-16H,3,6-7,10-12,18H2,1H3,(H,19,20). The molecule has 2 rings (SSSR count). The summed E-state index contributed by atoms with van der Waals surface area (Å²) in [6.07, 6.45) is 6.99. The molecule has 2 atom stereocenters. The van der Waals surface area contributed by atoms with Crippen molar-refractivity contribution in [3.8, 4) is 0 Å². The van der Waals surface area contributed by atoms with Gasteiger partial charge in [0.1, 0.15) is 0 Å². The van der Waals surface area contributed by atoms with Crippen molar-refractivity contribution in [2.75, 3.05) is 0 Å². The van der Waals surface area contributed by atoms with E-state index < -0.39 is 6.04 Å². The maximum Gasteiger partial charge on any atom is 0.237 e. The first-order valence-electron chi connectivity index (χ1n) is 7.76. The Bertz CT molecular complexity index is 412. The molecule has 1 aromatic carbocycles. The number of amides is 1. The molecule has 1 fully saturated rings. The second-order valence-electron chi connectivity index (χ2n) is 5.99. The van der Waals surface area contributed by atoms with Crippen LogP contribution in [0.1, 0.15) is 44.6 Å². The van der Waals surface area contributed by atoms with Crippen LogP contribution in [-0.2, 0) is 11.2 Å². The van der Waals surface area contributed by atoms with Crippen molar-refractivity contribution in [2.24, 2.45) is 11.7 Å². The van der Waals surface area contributed by atoms with E-state index in [1.165, 1.54) is 32.1 Å². The highest BCUT2D eigenvalue weighted by atomic mass is 16.2. The molecular formula is C17H26N2O. The molecular weight excluding hydrogens is 248 g/mol. The van der Waals surface area contributed by atoms with Crippen molar-refractivity contribution >= 4 is 5.91 Å². The van der Waals surface area contributed by atoms with Gasteiger partial charge in [-0.25, -0.2) is 0 Å². The SMILES string of the molecule is CC(NC(=O)C(N)Cc1ccccc1)C1CCCCC1. The lowest BCUT2D eigenvalue weighted by atomic mass is 9.84. The van der Waals surface area contributed by atoms with E-state index in [0.29, 0.717) is 12.3 Å². The predicted octanol–water partition coefficient (Wildman–Crippen LogP) is 2.64. The van der Waals surface area contributed by atoms with Gasteiger partial charge in [0.15, 0.2) is 0 Å². The van der Waals surface area contributed by atoms with Crippen LogP contribution in [0.3, 0.4) is 0 Å². The number of nitrogens with one attached hydrogen (secondary N) is 1. The number of hydrogen-bond acceptors (Lipinski definition) is 2. The van der Waals surface area contributed by atoms with E-state index >= 15 is 0 Å². The number of carbonyl (C=O) groups excluding carboxylic acids is 1. The molecule has 0 saturated heterocycles. The van der Waals surface area contributed by atoms with E-state index in [0.717, 1.165) is 5.56 Å². The van der Waals surface area contributed by atoms with Crippen molar-refractivity contribution in [3.05, 3.63) is 35.9 Å². The lowest BCUT2D eigenvalue weighted by Crippen LogP contribution is -2.48. The van der Waals surface area contributed by atoms with Gasteiger partial charge in [0.25, 0.3) is 0 Å². The average Bonchev–Trinajstić information content (AvgIpc) is 2.49. The van der Waals surface area contributed by atoms with Crippen LogP contribution in [0.15, 0.2) is 30.3 Å². The third kappa shape index (κ3) is 4.34. The Morgan fingerprint density at radius 2 is 1.90 bits per heavy atom. The van der Waals surface area contributed by atoms with Crippen molar-refractivity contribution in [2.45, 2.75) is 57.5 Å². The van der Waals surface area contributed by atoms with E-state index in [1.54, 1.807) is 0 Å². The van der Waals surface area contributed by atoms with E-state index in [4.69, 9.17) is 5.73 Å². The first kappa shape index (κ1) is 15.0. The Balaban J connectivity index is 1.81. The van der Waals surface area contributed by atoms with Gasteiger partial charge in [-0.1, -0.05) is 49.6 Å². The molecule has 3 N–H and O–H groups in total. The van der Waals surface area contributed by atoms with Crippen LogP contribution in [0, 0.1) is 5.92 Å². The Morgan fingerprint density at radius 3 is 2.55 bits per heavy atom. The normalized spacial score (nSPS) is 19.3. The molecule has 0 radical (unpaired) electrons. The van der Waals surface area contributed by atoms with Gasteiger partial charge in [-0.15, -0.1) is 0 Å². The quantitative estimate of drug-likeness (QED) is 0.867. The highest BCUT2D eigenvalue weighted by Gasteiger charge is 2.23. The van der Waals surface area contributed by atoms with Crippen LogP contribution >= 0.6 is 0 Å². The van der Waals surface area contributed by atoms with E-state index in [1.807, 2.05) is 30.3 Å². The third-order valence-electron chi connectivity index (χ3n) is 4.36. The van der Waals surface area contributed by atoms with Crippen molar-refractivity contribution in [1.82, 2.24) is 5.32 Å². The monoisotopic (exact) mass is 274 g/mol. The van der Waals surface area contributed by atoms with Gasteiger partial charge < -0.3 is 11.1 Å². The van der Waals surface area contributed by atoms with E-state index in [2.05, 4.69) is 12.2 Å². The molecule has 1 amide bonds. The summed E-state index contributed by atoms with van der Waals surface area (Å²) in [6, 6.07) is 9.73. The van der Waals surface area contributed by atoms with Gasteiger partial charge in [0.05, 0.1) is 6.04 Å². The largest absolute Gasteiger partial charge is 0.352 e. The highest BCUT2D eigenvalue weighted by Crippen LogP contribution is 2.26. The second kappa shape index (κ2) is 7.44. The fourth-order valence-electron chi connectivity index (χ4n) is 3.04. The fraction of sp³-hybridized carbons (Fsp3) is 0.588. The van der Waals surface area contributed by atoms with E-state index in [-0.39, 0.29) is 11.9 Å². The molecule has 1 saturated carbocycles. The summed E-state index contributed by atoms with van der Waals surface area (Å²) in [4.78, 5) is 12.2. The lowest BCUT2D eigenvalue weighted by molar-refractivity contribution is -0.123. The van der Waals surface area contributed by atoms with Gasteiger partial charge >= 0.3 is 0 Å². The molecule has 3 nitrogen and oxygen atoms in total. The van der Waals surface area contributed by atoms with Crippen molar-refractivity contribution in [1.29, 1.82) is 0 Å². The van der Waals surface area contributed by atoms with Crippen LogP contribution in [0.25, 0.3) is 0 Å². The van der Waals surface area contributed by atoms with Crippen LogP contribution in [0.2, 0.25) is 0 Å². The number of benzene rings is 1. The van der Waals surface area contributed by atoms with Gasteiger partial charge in [-0.05, 0) is 37.7 Å². The van der Waals surface area contributed by atoms with Gasteiger partial charge in [0.2, 0.25) is 5.91 Å². The number of carbonyl (C=O) groups is 1. The molecule has 0 heterocycles. The number of hydrogen-bond donors (Lipinski definition) is 2. The molecule has 0 aliphatic heterocycles. The highest BCUT2D eigenvalue weighted by molar-refractivity contribution is 5.82. The minimum Gasteiger partial charge on any atom is -0.352 e. The summed E-state index contributed by atoms with van der Waals surface area (Å²) in [5.74, 6) is 0.601. The number of rotatable bonds is 5. The zero-order valence-electron chi connectivity index (χ0n) is 12.3. The summed E-state index contributed by atoms with van der Waals surface area (Å²) < 4.78 is 0. The Morgan fingerprint density at radius 1 is 1.25 bits per heavy atom. The van der Waals surface area contributed by atoms with Crippen LogP contribution in [0.4, 0.5) is 0 Å². The topological polar surface area (TPSA) is 55.1 Å². The van der Waals surface area contributed by atoms with Gasteiger partial charge in [-0.2, -0.15) is 0 Å². The molecule has 0 spiro atoms. The summed E-state index contributed by atoms with van der Waals surface area (Å²) in [7, 11) is 0. The van der Waals surface area contributed by atoms with Gasteiger partial charge in [0, 0.05) is 6.04 Å². The first-order valence-corrected chi connectivity index (χ1v) is 7.76. The van der Waals surface area contributed by atoms with Crippen LogP contribution < -0.4 is 11.1 Å². The molecule has 3 heteroatoms. The average molecular weight is 274 g/mol. The maximum atomic E-state index is 12.2. The lowest BCUT2D eigenvalue weighted by Gasteiger charge is -2.29. The molecule has 2 unspecified atom stereocenters. The Hall–Kier alpha value is -1.35. The Labute approximate surface area is 121 Å². The minimum atomic E-state index is -0.455. The summed E-state index contributed by atoms with van der Waals surface area (Å²) in [5, 5.41) is 3.11. The molecule has 1 aliphatic rings. The van der Waals surface area contributed by atoms with E-state index in [9.17, 15) is 4.79 Å². The van der Waals surface area contributed by atoms with Crippen LogP contribution in [-0.4, -0.2) is 18.0 Å². The van der Waals surface area contributed by atoms with Gasteiger partial charge in [-0.3, -0.25) is 4.79 Å². The zero-order chi connectivity index (χ0) is 14.4. The summed E-state index contributed by atoms with van der Waals surface area (Å²) >= 11 is 0. The maximum absolute atomic E-state index is 12.2. The molecule has 1 aromatic rings. The van der Waals surface area contributed by atoms with Crippen LogP contribution in [0.5, 0.6) is 0 Å². The first-order chi connectivity index (χ1) is 9.66. The minimum absolute atomic E-state index is 0.0214. The molecule has 110 valence electrons. The Kier molecular flexibility index (Phi) is 5.60. The smallest absolute Gasteiger partial charge is 0.237 e. The summed E-state index contributed by atoms with van der Waals surface area (Å²) in [5.41, 5.74) is 7.13. The molecule has 1 aliphatic carbocycles. The zero-order valence-corrected chi connectivity index (χ0v) is 12.3. The third-order valence-corrected chi connectivity index (χ3v) is 4.36. The van der Waals surface area contributed by atoms with Crippen molar-refractivity contribution in [3.63, 3.8) is 0 Å². The second-order valence-corrected chi connectivity index (χ2v) is 5.99. The summed E-state index contributed by atoms with van der Waals surface area (Å²) in [6.45, 7) is 2.11. The molecule has 0 aromatic heterocycles. The number of nitrogens with two attached hydrogens (primary N) is 1. The molecule has 0 bridgehead atoms. The predicted molar refractivity (Wildman–Crippen MR) is 82.3 cm³/mol. The fourth-order valence-corrected chi connectivity index (χ4v) is 3.04.